The number of methoxy groups -OCH3 is 2. The molecular weight excluding hydrogens is 372 g/mol. The predicted octanol–water partition coefficient (Wildman–Crippen LogP) is 2.83. The standard InChI is InChI=1S/C22H22N2O5/c1-4-29-22(25)15-28-14-17-18(24-12-6-5-7-21(24)23-17)10-8-16-9-11-19(26-2)20(13-16)27-3/h5-7,9,11-13H,4,14-15H2,1-3H3. The van der Waals surface area contributed by atoms with Gasteiger partial charge in [-0.2, -0.15) is 0 Å². The smallest absolute Gasteiger partial charge is 0.332 e. The number of hydrogen-bond donors (Lipinski definition) is 0. The van der Waals surface area contributed by atoms with E-state index >= 15 is 0 Å². The summed E-state index contributed by atoms with van der Waals surface area (Å²) < 4.78 is 22.8. The van der Waals surface area contributed by atoms with Crippen LogP contribution in [-0.4, -0.2) is 42.8 Å². The third-order valence-corrected chi connectivity index (χ3v) is 4.07. The molecule has 0 atom stereocenters. The maximum atomic E-state index is 11.5. The number of pyridine rings is 1. The minimum atomic E-state index is -0.408. The van der Waals surface area contributed by atoms with E-state index in [9.17, 15) is 4.79 Å². The van der Waals surface area contributed by atoms with Crippen LogP contribution in [-0.2, 0) is 20.9 Å². The van der Waals surface area contributed by atoms with Gasteiger partial charge in [0.15, 0.2) is 11.5 Å². The van der Waals surface area contributed by atoms with Crippen molar-refractivity contribution in [3.63, 3.8) is 0 Å². The minimum Gasteiger partial charge on any atom is -0.493 e. The lowest BCUT2D eigenvalue weighted by Gasteiger charge is -2.06. The monoisotopic (exact) mass is 394 g/mol. The molecule has 0 aliphatic carbocycles. The third-order valence-electron chi connectivity index (χ3n) is 4.07. The zero-order valence-corrected chi connectivity index (χ0v) is 16.6. The SMILES string of the molecule is CCOC(=O)COCc1nc2ccccn2c1C#Cc1ccc(OC)c(OC)c1. The highest BCUT2D eigenvalue weighted by atomic mass is 16.6. The van der Waals surface area contributed by atoms with Gasteiger partial charge in [-0.15, -0.1) is 0 Å². The van der Waals surface area contributed by atoms with E-state index in [2.05, 4.69) is 16.8 Å². The number of imidazole rings is 1. The van der Waals surface area contributed by atoms with Crippen molar-refractivity contribution in [3.05, 3.63) is 59.5 Å². The largest absolute Gasteiger partial charge is 0.493 e. The summed E-state index contributed by atoms with van der Waals surface area (Å²) in [4.78, 5) is 16.1. The van der Waals surface area contributed by atoms with Crippen molar-refractivity contribution in [1.82, 2.24) is 9.38 Å². The van der Waals surface area contributed by atoms with Crippen LogP contribution in [0.1, 0.15) is 23.9 Å². The molecule has 0 radical (unpaired) electrons. The minimum absolute atomic E-state index is 0.135. The molecule has 3 aromatic rings. The summed E-state index contributed by atoms with van der Waals surface area (Å²) in [6, 6.07) is 11.2. The number of carbonyl (C=O) groups is 1. The van der Waals surface area contributed by atoms with Gasteiger partial charge in [-0.25, -0.2) is 9.78 Å². The Bertz CT molecular complexity index is 1060. The van der Waals surface area contributed by atoms with E-state index in [4.69, 9.17) is 18.9 Å². The average Bonchev–Trinajstić information content (AvgIpc) is 3.09. The van der Waals surface area contributed by atoms with Crippen LogP contribution < -0.4 is 9.47 Å². The molecule has 0 N–H and O–H groups in total. The first-order chi connectivity index (χ1) is 14.2. The molecule has 7 heteroatoms. The number of hydrogen-bond acceptors (Lipinski definition) is 6. The van der Waals surface area contributed by atoms with Crippen LogP contribution in [0.25, 0.3) is 5.65 Å². The average molecular weight is 394 g/mol. The lowest BCUT2D eigenvalue weighted by Crippen LogP contribution is -2.12. The number of fused-ring (bicyclic) bond motifs is 1. The van der Waals surface area contributed by atoms with Gasteiger partial charge in [0.2, 0.25) is 0 Å². The molecule has 29 heavy (non-hydrogen) atoms. The second-order valence-corrected chi connectivity index (χ2v) is 5.95. The van der Waals surface area contributed by atoms with Gasteiger partial charge in [0.1, 0.15) is 23.6 Å². The van der Waals surface area contributed by atoms with Crippen LogP contribution >= 0.6 is 0 Å². The van der Waals surface area contributed by atoms with Gasteiger partial charge in [-0.05, 0) is 43.2 Å². The molecule has 0 amide bonds. The highest BCUT2D eigenvalue weighted by Gasteiger charge is 2.12. The van der Waals surface area contributed by atoms with E-state index < -0.39 is 5.97 Å². The van der Waals surface area contributed by atoms with Gasteiger partial charge in [0.25, 0.3) is 0 Å². The van der Waals surface area contributed by atoms with Crippen molar-refractivity contribution in [2.45, 2.75) is 13.5 Å². The summed E-state index contributed by atoms with van der Waals surface area (Å²) in [5.74, 6) is 7.13. The molecule has 7 nitrogen and oxygen atoms in total. The number of aromatic nitrogens is 2. The fourth-order valence-electron chi connectivity index (χ4n) is 2.76. The number of ether oxygens (including phenoxy) is 4. The summed E-state index contributed by atoms with van der Waals surface area (Å²) in [5.41, 5.74) is 2.86. The van der Waals surface area contributed by atoms with Gasteiger partial charge in [0, 0.05) is 11.8 Å². The quantitative estimate of drug-likeness (QED) is 0.453. The summed E-state index contributed by atoms with van der Waals surface area (Å²) in [5, 5.41) is 0. The summed E-state index contributed by atoms with van der Waals surface area (Å²) in [6.07, 6.45) is 1.88. The van der Waals surface area contributed by atoms with Gasteiger partial charge in [0.05, 0.1) is 27.4 Å². The van der Waals surface area contributed by atoms with Crippen LogP contribution in [0, 0.1) is 11.8 Å². The van der Waals surface area contributed by atoms with Crippen LogP contribution in [0.5, 0.6) is 11.5 Å². The first-order valence-electron chi connectivity index (χ1n) is 9.09. The molecule has 0 bridgehead atoms. The van der Waals surface area contributed by atoms with Crippen molar-refractivity contribution in [2.24, 2.45) is 0 Å². The Morgan fingerprint density at radius 3 is 2.69 bits per heavy atom. The molecule has 0 fully saturated rings. The molecule has 3 rings (SSSR count). The Hall–Kier alpha value is -3.50. The van der Waals surface area contributed by atoms with Gasteiger partial charge in [-0.3, -0.25) is 4.40 Å². The van der Waals surface area contributed by atoms with Gasteiger partial charge >= 0.3 is 5.97 Å². The Kier molecular flexibility index (Phi) is 6.72. The molecule has 0 aliphatic heterocycles. The lowest BCUT2D eigenvalue weighted by molar-refractivity contribution is -0.148. The fourth-order valence-corrected chi connectivity index (χ4v) is 2.76. The predicted molar refractivity (Wildman–Crippen MR) is 107 cm³/mol. The Labute approximate surface area is 169 Å². The van der Waals surface area contributed by atoms with E-state index in [-0.39, 0.29) is 13.2 Å². The van der Waals surface area contributed by atoms with Crippen molar-refractivity contribution in [1.29, 1.82) is 0 Å². The fraction of sp³-hybridized carbons (Fsp3) is 0.273. The van der Waals surface area contributed by atoms with Crippen molar-refractivity contribution >= 4 is 11.6 Å². The van der Waals surface area contributed by atoms with Crippen LogP contribution in [0.15, 0.2) is 42.6 Å². The summed E-state index contributed by atoms with van der Waals surface area (Å²) in [6.45, 7) is 2.08. The van der Waals surface area contributed by atoms with E-state index in [1.54, 1.807) is 27.2 Å². The molecule has 1 aromatic carbocycles. The second-order valence-electron chi connectivity index (χ2n) is 5.95. The number of carbonyl (C=O) groups excluding carboxylic acids is 1. The first-order valence-corrected chi connectivity index (χ1v) is 9.09. The Morgan fingerprint density at radius 2 is 1.93 bits per heavy atom. The summed E-state index contributed by atoms with van der Waals surface area (Å²) >= 11 is 0. The highest BCUT2D eigenvalue weighted by Crippen LogP contribution is 2.27. The lowest BCUT2D eigenvalue weighted by atomic mass is 10.2. The van der Waals surface area contributed by atoms with Gasteiger partial charge < -0.3 is 18.9 Å². The van der Waals surface area contributed by atoms with Crippen LogP contribution in [0.2, 0.25) is 0 Å². The van der Waals surface area contributed by atoms with E-state index in [0.717, 1.165) is 11.2 Å². The van der Waals surface area contributed by atoms with E-state index in [1.165, 1.54) is 0 Å². The molecular formula is C22H22N2O5. The number of esters is 1. The zero-order chi connectivity index (χ0) is 20.6. The second kappa shape index (κ2) is 9.62. The van der Waals surface area contributed by atoms with Crippen LogP contribution in [0.4, 0.5) is 0 Å². The van der Waals surface area contributed by atoms with E-state index in [0.29, 0.717) is 29.5 Å². The zero-order valence-electron chi connectivity index (χ0n) is 16.6. The number of benzene rings is 1. The van der Waals surface area contributed by atoms with Gasteiger partial charge in [-0.1, -0.05) is 12.0 Å². The number of rotatable bonds is 7. The molecule has 2 heterocycles. The normalized spacial score (nSPS) is 10.3. The molecule has 0 saturated carbocycles. The van der Waals surface area contributed by atoms with Crippen molar-refractivity contribution in [2.75, 3.05) is 27.4 Å². The highest BCUT2D eigenvalue weighted by molar-refractivity contribution is 5.70. The Morgan fingerprint density at radius 1 is 1.10 bits per heavy atom. The number of nitrogens with zero attached hydrogens (tertiary/aromatic N) is 2. The third kappa shape index (κ3) is 4.86. The first kappa shape index (κ1) is 20.2. The maximum absolute atomic E-state index is 11.5. The van der Waals surface area contributed by atoms with Crippen molar-refractivity contribution < 1.29 is 23.7 Å². The molecule has 0 aliphatic rings. The Balaban J connectivity index is 1.89. The van der Waals surface area contributed by atoms with Crippen LogP contribution in [0.3, 0.4) is 0 Å². The van der Waals surface area contributed by atoms with Crippen molar-refractivity contribution in [3.8, 4) is 23.3 Å². The molecule has 0 spiro atoms. The molecule has 2 aromatic heterocycles. The van der Waals surface area contributed by atoms with E-state index in [1.807, 2.05) is 40.9 Å². The molecule has 150 valence electrons. The molecule has 0 unspecified atom stereocenters. The topological polar surface area (TPSA) is 71.3 Å². The maximum Gasteiger partial charge on any atom is 0.332 e. The molecule has 0 saturated heterocycles. The summed E-state index contributed by atoms with van der Waals surface area (Å²) in [7, 11) is 3.17.